The van der Waals surface area contributed by atoms with Crippen LogP contribution in [-0.4, -0.2) is 38.5 Å². The summed E-state index contributed by atoms with van der Waals surface area (Å²) in [4.78, 5) is 13.8. The summed E-state index contributed by atoms with van der Waals surface area (Å²) in [5, 5.41) is 4.21. The number of nitrogens with zero attached hydrogens (tertiary/aromatic N) is 6. The normalized spacial score (nSPS) is 14.4. The van der Waals surface area contributed by atoms with Crippen LogP contribution in [0.5, 0.6) is 11.5 Å². The molecule has 5 rings (SSSR count). The molecule has 0 unspecified atom stereocenters. The van der Waals surface area contributed by atoms with Gasteiger partial charge < -0.3 is 14.0 Å². The number of aryl methyl sites for hydroxylation is 1. The van der Waals surface area contributed by atoms with E-state index in [4.69, 9.17) is 14.5 Å². The Hall–Kier alpha value is -3.82. The Kier molecular flexibility index (Phi) is 5.72. The lowest BCUT2D eigenvalue weighted by molar-refractivity contribution is 0.276. The van der Waals surface area contributed by atoms with E-state index in [-0.39, 0.29) is 11.5 Å². The lowest BCUT2D eigenvalue weighted by Gasteiger charge is -2.27. The highest BCUT2D eigenvalue weighted by Gasteiger charge is 2.22. The van der Waals surface area contributed by atoms with E-state index in [1.807, 2.05) is 17.8 Å². The zero-order valence-electron chi connectivity index (χ0n) is 19.1. The molecule has 34 heavy (non-hydrogen) atoms. The molecule has 0 spiro atoms. The van der Waals surface area contributed by atoms with Gasteiger partial charge in [-0.25, -0.2) is 18.8 Å². The minimum atomic E-state index is -0.897. The Morgan fingerprint density at radius 3 is 2.41 bits per heavy atom. The van der Waals surface area contributed by atoms with E-state index < -0.39 is 17.3 Å². The molecule has 3 heterocycles. The monoisotopic (exact) mass is 466 g/mol. The van der Waals surface area contributed by atoms with Crippen molar-refractivity contribution in [3.63, 3.8) is 0 Å². The third kappa shape index (κ3) is 3.89. The van der Waals surface area contributed by atoms with Gasteiger partial charge in [-0.3, -0.25) is 9.67 Å². The Morgan fingerprint density at radius 1 is 1.09 bits per heavy atom. The molecule has 3 aromatic heterocycles. The molecule has 1 aromatic carbocycles. The van der Waals surface area contributed by atoms with Gasteiger partial charge in [0, 0.05) is 31.4 Å². The van der Waals surface area contributed by atoms with Crippen molar-refractivity contribution in [3.05, 3.63) is 53.9 Å². The van der Waals surface area contributed by atoms with Gasteiger partial charge in [-0.05, 0) is 30.9 Å². The fourth-order valence-electron chi connectivity index (χ4n) is 4.05. The van der Waals surface area contributed by atoms with Crippen molar-refractivity contribution in [3.8, 4) is 22.8 Å². The maximum atomic E-state index is 15.0. The molecular formula is C24H24F2N6O2. The summed E-state index contributed by atoms with van der Waals surface area (Å²) in [6, 6.07) is 4.61. The largest absolute Gasteiger partial charge is 0.493 e. The predicted octanol–water partition coefficient (Wildman–Crippen LogP) is 4.16. The minimum absolute atomic E-state index is 0.151. The van der Waals surface area contributed by atoms with E-state index in [9.17, 15) is 0 Å². The molecule has 0 aliphatic heterocycles. The predicted molar refractivity (Wildman–Crippen MR) is 122 cm³/mol. The van der Waals surface area contributed by atoms with Gasteiger partial charge in [0.15, 0.2) is 28.8 Å². The molecule has 4 aromatic rings. The molecule has 1 aliphatic rings. The van der Waals surface area contributed by atoms with Crippen LogP contribution in [0, 0.1) is 17.6 Å². The molecule has 1 fully saturated rings. The van der Waals surface area contributed by atoms with Crippen molar-refractivity contribution in [2.45, 2.75) is 25.8 Å². The zero-order chi connectivity index (χ0) is 23.8. The molecule has 0 N–H and O–H groups in total. The van der Waals surface area contributed by atoms with Crippen LogP contribution < -0.4 is 15.0 Å². The van der Waals surface area contributed by atoms with E-state index in [0.717, 1.165) is 30.9 Å². The fourth-order valence-corrected chi connectivity index (χ4v) is 4.05. The van der Waals surface area contributed by atoms with Crippen LogP contribution in [-0.2, 0) is 13.6 Å². The molecule has 0 atom stereocenters. The lowest BCUT2D eigenvalue weighted by atomic mass is 9.85. The van der Waals surface area contributed by atoms with Gasteiger partial charge in [0.2, 0.25) is 0 Å². The molecule has 176 valence electrons. The van der Waals surface area contributed by atoms with Crippen LogP contribution in [0.3, 0.4) is 0 Å². The minimum Gasteiger partial charge on any atom is -0.493 e. The van der Waals surface area contributed by atoms with E-state index >= 15 is 8.78 Å². The van der Waals surface area contributed by atoms with Gasteiger partial charge in [0.1, 0.15) is 16.7 Å². The topological polar surface area (TPSA) is 79.3 Å². The van der Waals surface area contributed by atoms with Gasteiger partial charge in [-0.2, -0.15) is 5.10 Å². The summed E-state index contributed by atoms with van der Waals surface area (Å²) < 4.78 is 43.8. The second kappa shape index (κ2) is 8.85. The van der Waals surface area contributed by atoms with Crippen molar-refractivity contribution in [1.82, 2.24) is 24.3 Å². The number of fused-ring (bicyclic) bond motifs is 1. The first kappa shape index (κ1) is 22.0. The highest BCUT2D eigenvalue weighted by Crippen LogP contribution is 2.36. The first-order chi connectivity index (χ1) is 16.5. The Labute approximate surface area is 194 Å². The van der Waals surface area contributed by atoms with E-state index in [1.54, 1.807) is 29.2 Å². The molecule has 0 bridgehead atoms. The molecular weight excluding hydrogens is 442 g/mol. The second-order valence-corrected chi connectivity index (χ2v) is 8.34. The Bertz CT molecular complexity index is 1410. The maximum Gasteiger partial charge on any atom is 0.193 e. The molecule has 1 saturated carbocycles. The van der Waals surface area contributed by atoms with Crippen LogP contribution in [0.1, 0.15) is 19.3 Å². The van der Waals surface area contributed by atoms with E-state index in [0.29, 0.717) is 34.8 Å². The summed E-state index contributed by atoms with van der Waals surface area (Å²) in [5.74, 6) is -1.66. The molecule has 8 nitrogen and oxygen atoms in total. The smallest absolute Gasteiger partial charge is 0.193 e. The third-order valence-electron chi connectivity index (χ3n) is 6.15. The number of hydrogen-bond acceptors (Lipinski definition) is 6. The van der Waals surface area contributed by atoms with Gasteiger partial charge >= 0.3 is 0 Å². The second-order valence-electron chi connectivity index (χ2n) is 8.34. The van der Waals surface area contributed by atoms with Crippen LogP contribution in [0.2, 0.25) is 0 Å². The third-order valence-corrected chi connectivity index (χ3v) is 6.15. The van der Waals surface area contributed by atoms with E-state index in [1.165, 1.54) is 14.2 Å². The summed E-state index contributed by atoms with van der Waals surface area (Å²) in [6.45, 7) is 0.617. The highest BCUT2D eigenvalue weighted by molar-refractivity contribution is 5.73. The van der Waals surface area contributed by atoms with Crippen molar-refractivity contribution < 1.29 is 18.3 Å². The maximum absolute atomic E-state index is 15.0. The van der Waals surface area contributed by atoms with Gasteiger partial charge in [-0.1, -0.05) is 6.42 Å². The molecule has 10 heteroatoms. The van der Waals surface area contributed by atoms with Gasteiger partial charge in [0.05, 0.1) is 32.3 Å². The van der Waals surface area contributed by atoms with Crippen LogP contribution in [0.25, 0.3) is 22.4 Å². The number of hydrogen-bond donors (Lipinski definition) is 0. The SMILES string of the molecule is COc1cc(OC)c(F)c(/N=c2\ccc3ncc(-c4cnn(C)c4)nc3n2CC2CCC2)c1F. The Morgan fingerprint density at radius 2 is 1.82 bits per heavy atom. The molecule has 0 radical (unpaired) electrons. The van der Waals surface area contributed by atoms with Crippen LogP contribution in [0.4, 0.5) is 14.5 Å². The summed E-state index contributed by atoms with van der Waals surface area (Å²) >= 11 is 0. The number of rotatable bonds is 6. The number of halogens is 2. The first-order valence-electron chi connectivity index (χ1n) is 11.0. The van der Waals surface area contributed by atoms with Crippen LogP contribution >= 0.6 is 0 Å². The number of aromatic nitrogens is 5. The average Bonchev–Trinajstić information content (AvgIpc) is 3.25. The molecule has 0 amide bonds. The quantitative estimate of drug-likeness (QED) is 0.426. The highest BCUT2D eigenvalue weighted by atomic mass is 19.1. The van der Waals surface area contributed by atoms with Crippen molar-refractivity contribution in [1.29, 1.82) is 0 Å². The summed E-state index contributed by atoms with van der Waals surface area (Å²) in [6.07, 6.45) is 8.57. The number of benzene rings is 1. The van der Waals surface area contributed by atoms with Crippen molar-refractivity contribution >= 4 is 16.9 Å². The zero-order valence-corrected chi connectivity index (χ0v) is 19.1. The first-order valence-corrected chi connectivity index (χ1v) is 11.0. The molecule has 1 aliphatic carbocycles. The average molecular weight is 466 g/mol. The Balaban J connectivity index is 1.75. The summed E-state index contributed by atoms with van der Waals surface area (Å²) in [7, 11) is 4.45. The van der Waals surface area contributed by atoms with Crippen LogP contribution in [0.15, 0.2) is 41.8 Å². The van der Waals surface area contributed by atoms with Gasteiger partial charge in [0.25, 0.3) is 0 Å². The number of ether oxygens (including phenoxy) is 2. The summed E-state index contributed by atoms with van der Waals surface area (Å²) in [5.41, 5.74) is 2.62. The van der Waals surface area contributed by atoms with Crippen molar-refractivity contribution in [2.24, 2.45) is 18.0 Å². The fraction of sp³-hybridized carbons (Fsp3) is 0.333. The van der Waals surface area contributed by atoms with Gasteiger partial charge in [-0.15, -0.1) is 0 Å². The number of methoxy groups -OCH3 is 2. The van der Waals surface area contributed by atoms with Crippen molar-refractivity contribution in [2.75, 3.05) is 14.2 Å². The number of pyridine rings is 1. The van der Waals surface area contributed by atoms with E-state index in [2.05, 4.69) is 15.1 Å². The molecule has 0 saturated heterocycles. The standard InChI is InChI=1S/C24H24F2N6O2/c1-31-13-15(10-28-31)17-11-27-16-7-8-20(32(24(16)29-17)12-14-5-4-6-14)30-23-21(25)18(33-2)9-19(34-3)22(23)26/h7-11,13-14H,4-6,12H2,1-3H3/b30-20+. The lowest BCUT2D eigenvalue weighted by Crippen LogP contribution is -2.28.